The molecule has 1 unspecified atom stereocenters. The van der Waals surface area contributed by atoms with E-state index in [-0.39, 0.29) is 11.9 Å². The van der Waals surface area contributed by atoms with E-state index >= 15 is 0 Å². The number of likely N-dealkylation sites (N-methyl/N-ethyl adjacent to an activating group) is 1. The summed E-state index contributed by atoms with van der Waals surface area (Å²) < 4.78 is 0. The number of nitrogens with one attached hydrogen (secondary N) is 1. The summed E-state index contributed by atoms with van der Waals surface area (Å²) in [5.74, 6) is -0.0173. The van der Waals surface area contributed by atoms with Gasteiger partial charge in [0.25, 0.3) is 0 Å². The lowest BCUT2D eigenvalue weighted by molar-refractivity contribution is -0.122. The molecule has 1 aromatic rings. The average Bonchev–Trinajstić information content (AvgIpc) is 2.36. The predicted octanol–water partition coefficient (Wildman–Crippen LogP) is 2.64. The fourth-order valence-corrected chi connectivity index (χ4v) is 1.95. The molecule has 3 nitrogen and oxygen atoms in total. The molecule has 1 N–H and O–H groups in total. The van der Waals surface area contributed by atoms with Crippen LogP contribution in [0.2, 0.25) is 5.02 Å². The summed E-state index contributed by atoms with van der Waals surface area (Å²) in [7, 11) is 1.90. The Balaban J connectivity index is 2.61. The molecule has 0 aliphatic rings. The lowest BCUT2D eigenvalue weighted by Gasteiger charge is -2.25. The molecule has 18 heavy (non-hydrogen) atoms. The van der Waals surface area contributed by atoms with Crippen LogP contribution >= 0.6 is 11.6 Å². The molecule has 1 rings (SSSR count). The monoisotopic (exact) mass is 266 g/mol. The normalized spacial score (nSPS) is 12.2. The Kier molecular flexibility index (Phi) is 5.89. The van der Waals surface area contributed by atoms with E-state index in [0.717, 1.165) is 10.6 Å². The number of hydrogen-bond acceptors (Lipinski definition) is 2. The second-order valence-electron chi connectivity index (χ2n) is 4.21. The standard InChI is InChI=1S/C14H19ClN2O/c1-4-9-16-14(18)10-17(3)11(2)12-7-5-6-8-13(12)15/h4-8,11H,1,9-10H2,2-3H3,(H,16,18). The molecular weight excluding hydrogens is 248 g/mol. The second-order valence-corrected chi connectivity index (χ2v) is 4.61. The first-order chi connectivity index (χ1) is 8.56. The van der Waals surface area contributed by atoms with Gasteiger partial charge in [0, 0.05) is 17.6 Å². The van der Waals surface area contributed by atoms with Crippen LogP contribution in [0.3, 0.4) is 0 Å². The summed E-state index contributed by atoms with van der Waals surface area (Å²) in [4.78, 5) is 13.6. The third kappa shape index (κ3) is 4.17. The molecule has 0 aliphatic heterocycles. The number of halogens is 1. The molecule has 98 valence electrons. The maximum Gasteiger partial charge on any atom is 0.234 e. The highest BCUT2D eigenvalue weighted by atomic mass is 35.5. The maximum atomic E-state index is 11.6. The maximum absolute atomic E-state index is 11.6. The van der Waals surface area contributed by atoms with Crippen molar-refractivity contribution in [2.75, 3.05) is 20.1 Å². The quantitative estimate of drug-likeness (QED) is 0.803. The molecule has 0 fully saturated rings. The summed E-state index contributed by atoms with van der Waals surface area (Å²) in [6.07, 6.45) is 1.66. The van der Waals surface area contributed by atoms with Crippen molar-refractivity contribution in [3.8, 4) is 0 Å². The number of carbonyl (C=O) groups is 1. The van der Waals surface area contributed by atoms with Gasteiger partial charge in [0.05, 0.1) is 6.54 Å². The zero-order valence-corrected chi connectivity index (χ0v) is 11.6. The summed E-state index contributed by atoms with van der Waals surface area (Å²) in [5, 5.41) is 3.48. The van der Waals surface area contributed by atoms with Crippen LogP contribution in [-0.2, 0) is 4.79 Å². The van der Waals surface area contributed by atoms with E-state index < -0.39 is 0 Å². The molecule has 1 amide bonds. The SMILES string of the molecule is C=CCNC(=O)CN(C)C(C)c1ccccc1Cl. The van der Waals surface area contributed by atoms with Gasteiger partial charge in [-0.3, -0.25) is 9.69 Å². The van der Waals surface area contributed by atoms with Gasteiger partial charge in [0.15, 0.2) is 0 Å². The Labute approximate surface area is 113 Å². The van der Waals surface area contributed by atoms with Crippen molar-refractivity contribution in [2.45, 2.75) is 13.0 Å². The van der Waals surface area contributed by atoms with Crippen molar-refractivity contribution in [1.29, 1.82) is 0 Å². The molecular formula is C14H19ClN2O. The van der Waals surface area contributed by atoms with E-state index in [1.807, 2.05) is 43.1 Å². The van der Waals surface area contributed by atoms with Gasteiger partial charge in [0.2, 0.25) is 5.91 Å². The topological polar surface area (TPSA) is 32.3 Å². The lowest BCUT2D eigenvalue weighted by Crippen LogP contribution is -2.36. The molecule has 1 atom stereocenters. The first-order valence-corrected chi connectivity index (χ1v) is 6.26. The molecule has 0 heterocycles. The van der Waals surface area contributed by atoms with E-state index in [4.69, 9.17) is 11.6 Å². The highest BCUT2D eigenvalue weighted by molar-refractivity contribution is 6.31. The van der Waals surface area contributed by atoms with Crippen LogP contribution < -0.4 is 5.32 Å². The van der Waals surface area contributed by atoms with Crippen LogP contribution in [0.15, 0.2) is 36.9 Å². The molecule has 0 saturated heterocycles. The van der Waals surface area contributed by atoms with E-state index in [9.17, 15) is 4.79 Å². The van der Waals surface area contributed by atoms with Crippen molar-refractivity contribution in [3.05, 3.63) is 47.5 Å². The highest BCUT2D eigenvalue weighted by Crippen LogP contribution is 2.25. The summed E-state index contributed by atoms with van der Waals surface area (Å²) in [6.45, 7) is 6.42. The number of amides is 1. The van der Waals surface area contributed by atoms with Crippen molar-refractivity contribution in [1.82, 2.24) is 10.2 Å². The average molecular weight is 267 g/mol. The molecule has 1 aromatic carbocycles. The molecule has 0 aliphatic carbocycles. The van der Waals surface area contributed by atoms with Crippen LogP contribution in [0, 0.1) is 0 Å². The second kappa shape index (κ2) is 7.19. The molecule has 0 bridgehead atoms. The molecule has 4 heteroatoms. The summed E-state index contributed by atoms with van der Waals surface area (Å²) in [6, 6.07) is 7.77. The summed E-state index contributed by atoms with van der Waals surface area (Å²) >= 11 is 6.14. The van der Waals surface area contributed by atoms with E-state index in [2.05, 4.69) is 11.9 Å². The van der Waals surface area contributed by atoms with Gasteiger partial charge in [0.1, 0.15) is 0 Å². The Bertz CT molecular complexity index is 420. The van der Waals surface area contributed by atoms with E-state index in [1.54, 1.807) is 6.08 Å². The van der Waals surface area contributed by atoms with Crippen LogP contribution in [0.5, 0.6) is 0 Å². The first kappa shape index (κ1) is 14.7. The van der Waals surface area contributed by atoms with Crippen LogP contribution in [0.25, 0.3) is 0 Å². The van der Waals surface area contributed by atoms with Crippen molar-refractivity contribution in [2.24, 2.45) is 0 Å². The molecule has 0 radical (unpaired) electrons. The zero-order chi connectivity index (χ0) is 13.5. The number of nitrogens with zero attached hydrogens (tertiary/aromatic N) is 1. The van der Waals surface area contributed by atoms with Gasteiger partial charge >= 0.3 is 0 Å². The summed E-state index contributed by atoms with van der Waals surface area (Å²) in [5.41, 5.74) is 1.03. The van der Waals surface area contributed by atoms with Gasteiger partial charge in [-0.05, 0) is 25.6 Å². The van der Waals surface area contributed by atoms with Gasteiger partial charge in [-0.1, -0.05) is 35.9 Å². The Morgan fingerprint density at radius 3 is 2.83 bits per heavy atom. The number of rotatable bonds is 6. The van der Waals surface area contributed by atoms with Crippen molar-refractivity contribution >= 4 is 17.5 Å². The Morgan fingerprint density at radius 2 is 2.22 bits per heavy atom. The number of benzene rings is 1. The third-order valence-electron chi connectivity index (χ3n) is 2.85. The minimum Gasteiger partial charge on any atom is -0.352 e. The highest BCUT2D eigenvalue weighted by Gasteiger charge is 2.16. The largest absolute Gasteiger partial charge is 0.352 e. The fourth-order valence-electron chi connectivity index (χ4n) is 1.66. The van der Waals surface area contributed by atoms with E-state index in [0.29, 0.717) is 13.1 Å². The fraction of sp³-hybridized carbons (Fsp3) is 0.357. The molecule has 0 aromatic heterocycles. The zero-order valence-electron chi connectivity index (χ0n) is 10.8. The van der Waals surface area contributed by atoms with Crippen LogP contribution in [0.4, 0.5) is 0 Å². The first-order valence-electron chi connectivity index (χ1n) is 5.88. The van der Waals surface area contributed by atoms with Gasteiger partial charge in [-0.25, -0.2) is 0 Å². The Hall–Kier alpha value is -1.32. The lowest BCUT2D eigenvalue weighted by atomic mass is 10.1. The van der Waals surface area contributed by atoms with Crippen LogP contribution in [-0.4, -0.2) is 30.9 Å². The van der Waals surface area contributed by atoms with Crippen LogP contribution in [0.1, 0.15) is 18.5 Å². The molecule has 0 saturated carbocycles. The van der Waals surface area contributed by atoms with Crippen molar-refractivity contribution in [3.63, 3.8) is 0 Å². The minimum atomic E-state index is -0.0173. The predicted molar refractivity (Wildman–Crippen MR) is 75.7 cm³/mol. The third-order valence-corrected chi connectivity index (χ3v) is 3.20. The van der Waals surface area contributed by atoms with Crippen molar-refractivity contribution < 1.29 is 4.79 Å². The minimum absolute atomic E-state index is 0.0173. The molecule has 0 spiro atoms. The smallest absolute Gasteiger partial charge is 0.234 e. The van der Waals surface area contributed by atoms with Gasteiger partial charge in [-0.15, -0.1) is 6.58 Å². The number of carbonyl (C=O) groups excluding carboxylic acids is 1. The van der Waals surface area contributed by atoms with Gasteiger partial charge < -0.3 is 5.32 Å². The van der Waals surface area contributed by atoms with E-state index in [1.165, 1.54) is 0 Å². The Morgan fingerprint density at radius 1 is 1.56 bits per heavy atom. The van der Waals surface area contributed by atoms with Gasteiger partial charge in [-0.2, -0.15) is 0 Å². The number of hydrogen-bond donors (Lipinski definition) is 1.